The summed E-state index contributed by atoms with van der Waals surface area (Å²) in [6.07, 6.45) is 0.685. The van der Waals surface area contributed by atoms with E-state index in [9.17, 15) is 9.59 Å². The third-order valence-electron chi connectivity index (χ3n) is 2.66. The highest BCUT2D eigenvalue weighted by atomic mass is 16.5. The van der Waals surface area contributed by atoms with Gasteiger partial charge in [0, 0.05) is 18.5 Å². The standard InChI is InChI=1S/C14H18N2O3/c1-5-13(17)15-11-6-7-12(9(2)8-11)16-14(18)10(3)19-4/h5-8,10H,1H2,2-4H3,(H,15,17)(H,16,18)/t10-/m1/s1. The molecule has 0 aliphatic carbocycles. The molecule has 0 fully saturated rings. The molecule has 0 radical (unpaired) electrons. The summed E-state index contributed by atoms with van der Waals surface area (Å²) in [7, 11) is 1.48. The van der Waals surface area contributed by atoms with E-state index >= 15 is 0 Å². The largest absolute Gasteiger partial charge is 0.372 e. The second-order valence-corrected chi connectivity index (χ2v) is 4.09. The first-order valence-corrected chi connectivity index (χ1v) is 5.85. The van der Waals surface area contributed by atoms with E-state index in [1.165, 1.54) is 13.2 Å². The van der Waals surface area contributed by atoms with E-state index in [0.29, 0.717) is 11.4 Å². The van der Waals surface area contributed by atoms with E-state index in [2.05, 4.69) is 17.2 Å². The van der Waals surface area contributed by atoms with Crippen LogP contribution in [0.25, 0.3) is 0 Å². The van der Waals surface area contributed by atoms with Crippen LogP contribution >= 0.6 is 0 Å². The molecule has 0 saturated carbocycles. The Hall–Kier alpha value is -2.14. The molecule has 2 N–H and O–H groups in total. The molecular formula is C14H18N2O3. The number of rotatable bonds is 5. The lowest BCUT2D eigenvalue weighted by atomic mass is 10.1. The molecule has 0 bridgehead atoms. The molecule has 0 saturated heterocycles. The van der Waals surface area contributed by atoms with Crippen molar-refractivity contribution in [3.05, 3.63) is 36.4 Å². The number of carbonyl (C=O) groups excluding carboxylic acids is 2. The molecule has 5 heteroatoms. The smallest absolute Gasteiger partial charge is 0.253 e. The number of methoxy groups -OCH3 is 1. The summed E-state index contributed by atoms with van der Waals surface area (Å²) in [6.45, 7) is 6.90. The van der Waals surface area contributed by atoms with Crippen molar-refractivity contribution in [2.45, 2.75) is 20.0 Å². The summed E-state index contributed by atoms with van der Waals surface area (Å²) < 4.78 is 4.93. The van der Waals surface area contributed by atoms with Crippen molar-refractivity contribution in [3.63, 3.8) is 0 Å². The zero-order valence-electron chi connectivity index (χ0n) is 11.3. The predicted molar refractivity (Wildman–Crippen MR) is 75.1 cm³/mol. The van der Waals surface area contributed by atoms with Gasteiger partial charge < -0.3 is 15.4 Å². The molecule has 0 aliphatic rings. The van der Waals surface area contributed by atoms with Gasteiger partial charge in [0.15, 0.2) is 0 Å². The number of benzene rings is 1. The number of ether oxygens (including phenoxy) is 1. The lowest BCUT2D eigenvalue weighted by Gasteiger charge is -2.13. The van der Waals surface area contributed by atoms with E-state index in [4.69, 9.17) is 4.74 Å². The normalized spacial score (nSPS) is 11.5. The highest BCUT2D eigenvalue weighted by Crippen LogP contribution is 2.20. The van der Waals surface area contributed by atoms with Gasteiger partial charge in [-0.15, -0.1) is 0 Å². The Morgan fingerprint density at radius 1 is 1.37 bits per heavy atom. The highest BCUT2D eigenvalue weighted by Gasteiger charge is 2.12. The van der Waals surface area contributed by atoms with Crippen molar-refractivity contribution >= 4 is 23.2 Å². The maximum atomic E-state index is 11.7. The number of anilines is 2. The van der Waals surface area contributed by atoms with Gasteiger partial charge in [-0.25, -0.2) is 0 Å². The van der Waals surface area contributed by atoms with Crippen LogP contribution in [0.4, 0.5) is 11.4 Å². The summed E-state index contributed by atoms with van der Waals surface area (Å²) >= 11 is 0. The second-order valence-electron chi connectivity index (χ2n) is 4.09. The fourth-order valence-corrected chi connectivity index (χ4v) is 1.42. The average molecular weight is 262 g/mol. The molecule has 1 rings (SSSR count). The van der Waals surface area contributed by atoms with Crippen LogP contribution in [0.1, 0.15) is 12.5 Å². The maximum absolute atomic E-state index is 11.7. The summed E-state index contributed by atoms with van der Waals surface area (Å²) in [5, 5.41) is 5.41. The first kappa shape index (κ1) is 14.9. The van der Waals surface area contributed by atoms with Crippen molar-refractivity contribution in [3.8, 4) is 0 Å². The first-order valence-electron chi connectivity index (χ1n) is 5.85. The number of hydrogen-bond acceptors (Lipinski definition) is 3. The van der Waals surface area contributed by atoms with E-state index < -0.39 is 6.10 Å². The third-order valence-corrected chi connectivity index (χ3v) is 2.66. The lowest BCUT2D eigenvalue weighted by Crippen LogP contribution is -2.26. The molecular weight excluding hydrogens is 244 g/mol. The number of amides is 2. The zero-order chi connectivity index (χ0) is 14.4. The molecule has 1 aromatic carbocycles. The Kier molecular flexibility index (Phi) is 5.26. The Balaban J connectivity index is 2.80. The average Bonchev–Trinajstić information content (AvgIpc) is 2.40. The third kappa shape index (κ3) is 4.22. The van der Waals surface area contributed by atoms with Gasteiger partial charge in [-0.05, 0) is 43.7 Å². The van der Waals surface area contributed by atoms with E-state index in [-0.39, 0.29) is 11.8 Å². The molecule has 1 aromatic rings. The van der Waals surface area contributed by atoms with E-state index in [1.807, 2.05) is 6.92 Å². The SMILES string of the molecule is C=CC(=O)Nc1ccc(NC(=O)[C@@H](C)OC)c(C)c1. The van der Waals surface area contributed by atoms with E-state index in [1.54, 1.807) is 25.1 Å². The van der Waals surface area contributed by atoms with Gasteiger partial charge in [-0.3, -0.25) is 9.59 Å². The molecule has 1 atom stereocenters. The van der Waals surface area contributed by atoms with Crippen molar-refractivity contribution in [1.29, 1.82) is 0 Å². The van der Waals surface area contributed by atoms with Crippen LogP contribution < -0.4 is 10.6 Å². The summed E-state index contributed by atoms with van der Waals surface area (Å²) in [4.78, 5) is 22.9. The van der Waals surface area contributed by atoms with Crippen molar-refractivity contribution < 1.29 is 14.3 Å². The number of nitrogens with one attached hydrogen (secondary N) is 2. The molecule has 0 heterocycles. The minimum atomic E-state index is -0.514. The highest BCUT2D eigenvalue weighted by molar-refractivity contribution is 5.99. The van der Waals surface area contributed by atoms with Crippen molar-refractivity contribution in [2.24, 2.45) is 0 Å². The van der Waals surface area contributed by atoms with Gasteiger partial charge in [0.2, 0.25) is 5.91 Å². The van der Waals surface area contributed by atoms with Gasteiger partial charge in [0.25, 0.3) is 5.91 Å². The van der Waals surface area contributed by atoms with Gasteiger partial charge in [0.1, 0.15) is 6.10 Å². The molecule has 0 unspecified atom stereocenters. The molecule has 102 valence electrons. The van der Waals surface area contributed by atoms with Crippen LogP contribution in [-0.2, 0) is 14.3 Å². The number of hydrogen-bond donors (Lipinski definition) is 2. The predicted octanol–water partition coefficient (Wildman–Crippen LogP) is 2.09. The van der Waals surface area contributed by atoms with Crippen LogP contribution in [0.2, 0.25) is 0 Å². The molecule has 0 aliphatic heterocycles. The van der Waals surface area contributed by atoms with Gasteiger partial charge in [-0.1, -0.05) is 6.58 Å². The fraction of sp³-hybridized carbons (Fsp3) is 0.286. The van der Waals surface area contributed by atoms with Crippen molar-refractivity contribution in [1.82, 2.24) is 0 Å². The zero-order valence-corrected chi connectivity index (χ0v) is 11.3. The van der Waals surface area contributed by atoms with Crippen LogP contribution in [0.15, 0.2) is 30.9 Å². The molecule has 2 amide bonds. The van der Waals surface area contributed by atoms with Crippen LogP contribution in [0, 0.1) is 6.92 Å². The summed E-state index contributed by atoms with van der Waals surface area (Å²) in [5.41, 5.74) is 2.18. The number of aryl methyl sites for hydroxylation is 1. The van der Waals surface area contributed by atoms with Crippen LogP contribution in [0.3, 0.4) is 0 Å². The summed E-state index contributed by atoms with van der Waals surface area (Å²) in [6, 6.07) is 5.21. The Morgan fingerprint density at radius 3 is 2.58 bits per heavy atom. The Labute approximate surface area is 112 Å². The minimum Gasteiger partial charge on any atom is -0.372 e. The Morgan fingerprint density at radius 2 is 2.05 bits per heavy atom. The first-order chi connectivity index (χ1) is 8.97. The van der Waals surface area contributed by atoms with Gasteiger partial charge >= 0.3 is 0 Å². The van der Waals surface area contributed by atoms with Gasteiger partial charge in [0.05, 0.1) is 0 Å². The van der Waals surface area contributed by atoms with E-state index in [0.717, 1.165) is 5.56 Å². The second kappa shape index (κ2) is 6.70. The topological polar surface area (TPSA) is 67.4 Å². The lowest BCUT2D eigenvalue weighted by molar-refractivity contribution is -0.124. The Bertz CT molecular complexity index is 497. The molecule has 0 spiro atoms. The maximum Gasteiger partial charge on any atom is 0.253 e. The summed E-state index contributed by atoms with van der Waals surface area (Å²) in [5.74, 6) is -0.488. The van der Waals surface area contributed by atoms with Gasteiger partial charge in [-0.2, -0.15) is 0 Å². The van der Waals surface area contributed by atoms with Crippen LogP contribution in [0.5, 0.6) is 0 Å². The molecule has 5 nitrogen and oxygen atoms in total. The fourth-order valence-electron chi connectivity index (χ4n) is 1.42. The van der Waals surface area contributed by atoms with Crippen molar-refractivity contribution in [2.75, 3.05) is 17.7 Å². The molecule has 0 aromatic heterocycles. The molecule has 19 heavy (non-hydrogen) atoms. The monoisotopic (exact) mass is 262 g/mol. The van der Waals surface area contributed by atoms with Crippen LogP contribution in [-0.4, -0.2) is 25.0 Å². The number of carbonyl (C=O) groups is 2. The quantitative estimate of drug-likeness (QED) is 0.798. The minimum absolute atomic E-state index is 0.214.